The summed E-state index contributed by atoms with van der Waals surface area (Å²) in [5.41, 5.74) is 1.53. The summed E-state index contributed by atoms with van der Waals surface area (Å²) in [4.78, 5) is 13.1. The van der Waals surface area contributed by atoms with Crippen LogP contribution in [0.25, 0.3) is 10.8 Å². The Kier molecular flexibility index (Phi) is 3.02. The standard InChI is InChI=1S/C21H18O2/c1-21(15-8-3-2-4-9-15)13-17(21)20(23)19-16-10-6-5-7-14(16)11-12-18(19)22/h2-12,17,22H,13H2,1H3/t17-,21-/m1/s1. The Morgan fingerprint density at radius 3 is 2.48 bits per heavy atom. The van der Waals surface area contributed by atoms with Crippen LogP contribution in [0.4, 0.5) is 0 Å². The van der Waals surface area contributed by atoms with Crippen LogP contribution in [0.3, 0.4) is 0 Å². The third kappa shape index (κ3) is 2.14. The van der Waals surface area contributed by atoms with Crippen LogP contribution in [0.5, 0.6) is 5.75 Å². The molecule has 0 heterocycles. The Hall–Kier alpha value is -2.61. The summed E-state index contributed by atoms with van der Waals surface area (Å²) >= 11 is 0. The number of hydrogen-bond acceptors (Lipinski definition) is 2. The Balaban J connectivity index is 1.76. The lowest BCUT2D eigenvalue weighted by atomic mass is 9.90. The lowest BCUT2D eigenvalue weighted by Gasteiger charge is -2.13. The number of phenolic OH excluding ortho intramolecular Hbond substituents is 1. The van der Waals surface area contributed by atoms with E-state index in [1.54, 1.807) is 6.07 Å². The normalized spacial score (nSPS) is 22.9. The van der Waals surface area contributed by atoms with Crippen molar-refractivity contribution >= 4 is 16.6 Å². The molecule has 3 aromatic rings. The molecule has 3 aromatic carbocycles. The minimum Gasteiger partial charge on any atom is -0.507 e. The van der Waals surface area contributed by atoms with Gasteiger partial charge in [-0.05, 0) is 28.8 Å². The van der Waals surface area contributed by atoms with Gasteiger partial charge in [-0.25, -0.2) is 0 Å². The molecular formula is C21H18O2. The van der Waals surface area contributed by atoms with E-state index < -0.39 is 0 Å². The minimum absolute atomic E-state index is 0.0469. The van der Waals surface area contributed by atoms with E-state index in [1.807, 2.05) is 48.5 Å². The zero-order valence-corrected chi connectivity index (χ0v) is 13.0. The molecule has 2 heteroatoms. The molecule has 1 aliphatic carbocycles. The SMILES string of the molecule is C[C@]1(c2ccccc2)C[C@@H]1C(=O)c1c(O)ccc2ccccc12. The number of fused-ring (bicyclic) bond motifs is 1. The Morgan fingerprint density at radius 2 is 1.70 bits per heavy atom. The fraction of sp³-hybridized carbons (Fsp3) is 0.190. The van der Waals surface area contributed by atoms with Gasteiger partial charge in [0.05, 0.1) is 5.56 Å². The van der Waals surface area contributed by atoms with Gasteiger partial charge in [0, 0.05) is 11.3 Å². The molecular weight excluding hydrogens is 284 g/mol. The average Bonchev–Trinajstić information content (AvgIpc) is 3.28. The Labute approximate surface area is 135 Å². The maximum absolute atomic E-state index is 13.1. The van der Waals surface area contributed by atoms with Crippen LogP contribution in [0.15, 0.2) is 66.7 Å². The van der Waals surface area contributed by atoms with Crippen LogP contribution in [0.2, 0.25) is 0 Å². The number of carbonyl (C=O) groups excluding carboxylic acids is 1. The summed E-state index contributed by atoms with van der Waals surface area (Å²) < 4.78 is 0. The molecule has 4 rings (SSSR count). The number of aromatic hydroxyl groups is 1. The fourth-order valence-corrected chi connectivity index (χ4v) is 3.58. The molecule has 23 heavy (non-hydrogen) atoms. The van der Waals surface area contributed by atoms with E-state index in [0.717, 1.165) is 17.2 Å². The van der Waals surface area contributed by atoms with E-state index in [1.165, 1.54) is 5.56 Å². The van der Waals surface area contributed by atoms with Crippen LogP contribution in [-0.2, 0) is 5.41 Å². The first kappa shape index (κ1) is 14.0. The summed E-state index contributed by atoms with van der Waals surface area (Å²) in [5, 5.41) is 12.1. The van der Waals surface area contributed by atoms with Crippen molar-refractivity contribution in [3.8, 4) is 5.75 Å². The number of ketones is 1. The highest BCUT2D eigenvalue weighted by atomic mass is 16.3. The summed E-state index contributed by atoms with van der Waals surface area (Å²) in [6.45, 7) is 2.13. The summed E-state index contributed by atoms with van der Waals surface area (Å²) in [5.74, 6) is 0.0586. The van der Waals surface area contributed by atoms with Crippen molar-refractivity contribution in [1.29, 1.82) is 0 Å². The lowest BCUT2D eigenvalue weighted by molar-refractivity contribution is 0.0958. The van der Waals surface area contributed by atoms with Gasteiger partial charge in [0.2, 0.25) is 0 Å². The van der Waals surface area contributed by atoms with Gasteiger partial charge in [-0.1, -0.05) is 67.6 Å². The number of rotatable bonds is 3. The number of Topliss-reactive ketones (excluding diaryl/α,β-unsaturated/α-hetero) is 1. The molecule has 2 atom stereocenters. The van der Waals surface area contributed by atoms with Gasteiger partial charge >= 0.3 is 0 Å². The third-order valence-corrected chi connectivity index (χ3v) is 5.14. The minimum atomic E-state index is -0.123. The monoisotopic (exact) mass is 302 g/mol. The first-order valence-electron chi connectivity index (χ1n) is 7.92. The van der Waals surface area contributed by atoms with Gasteiger partial charge in [0.1, 0.15) is 5.75 Å². The molecule has 0 bridgehead atoms. The van der Waals surface area contributed by atoms with Crippen molar-refractivity contribution in [2.24, 2.45) is 5.92 Å². The summed E-state index contributed by atoms with van der Waals surface area (Å²) in [6, 6.07) is 21.4. The van der Waals surface area contributed by atoms with Crippen LogP contribution in [0, 0.1) is 5.92 Å². The van der Waals surface area contributed by atoms with E-state index in [0.29, 0.717) is 5.56 Å². The predicted octanol–water partition coefficient (Wildman–Crippen LogP) is 4.71. The van der Waals surface area contributed by atoms with Crippen LogP contribution in [-0.4, -0.2) is 10.9 Å². The van der Waals surface area contributed by atoms with Gasteiger partial charge in [-0.2, -0.15) is 0 Å². The molecule has 0 aliphatic heterocycles. The van der Waals surface area contributed by atoms with Gasteiger partial charge in [-0.15, -0.1) is 0 Å². The van der Waals surface area contributed by atoms with E-state index in [9.17, 15) is 9.90 Å². The zero-order chi connectivity index (χ0) is 16.0. The highest BCUT2D eigenvalue weighted by molar-refractivity contribution is 6.13. The van der Waals surface area contributed by atoms with Crippen molar-refractivity contribution in [2.45, 2.75) is 18.8 Å². The number of hydrogen-bond donors (Lipinski definition) is 1. The van der Waals surface area contributed by atoms with Crippen LogP contribution in [0.1, 0.15) is 29.3 Å². The first-order chi connectivity index (χ1) is 11.1. The predicted molar refractivity (Wildman–Crippen MR) is 91.8 cm³/mol. The van der Waals surface area contributed by atoms with Crippen molar-refractivity contribution in [2.75, 3.05) is 0 Å². The molecule has 1 fully saturated rings. The molecule has 0 radical (unpaired) electrons. The number of carbonyl (C=O) groups is 1. The molecule has 114 valence electrons. The lowest BCUT2D eigenvalue weighted by Crippen LogP contribution is -2.12. The molecule has 2 nitrogen and oxygen atoms in total. The van der Waals surface area contributed by atoms with Gasteiger partial charge in [0.15, 0.2) is 5.78 Å². The Bertz CT molecular complexity index is 898. The maximum atomic E-state index is 13.1. The van der Waals surface area contributed by atoms with Crippen molar-refractivity contribution in [1.82, 2.24) is 0 Å². The first-order valence-corrected chi connectivity index (χ1v) is 7.92. The Morgan fingerprint density at radius 1 is 1.00 bits per heavy atom. The highest BCUT2D eigenvalue weighted by Gasteiger charge is 2.55. The molecule has 1 saturated carbocycles. The van der Waals surface area contributed by atoms with Crippen molar-refractivity contribution in [3.05, 3.63) is 77.9 Å². The molecule has 0 aromatic heterocycles. The number of benzene rings is 3. The van der Waals surface area contributed by atoms with E-state index in [-0.39, 0.29) is 22.9 Å². The quantitative estimate of drug-likeness (QED) is 0.712. The van der Waals surface area contributed by atoms with Crippen LogP contribution >= 0.6 is 0 Å². The fourth-order valence-electron chi connectivity index (χ4n) is 3.58. The second-order valence-electron chi connectivity index (χ2n) is 6.59. The molecule has 0 unspecified atom stereocenters. The van der Waals surface area contributed by atoms with Crippen molar-refractivity contribution < 1.29 is 9.90 Å². The molecule has 1 aliphatic rings. The van der Waals surface area contributed by atoms with Gasteiger partial charge < -0.3 is 5.11 Å². The highest BCUT2D eigenvalue weighted by Crippen LogP contribution is 2.56. The van der Waals surface area contributed by atoms with Crippen LogP contribution < -0.4 is 0 Å². The molecule has 0 amide bonds. The van der Waals surface area contributed by atoms with Gasteiger partial charge in [0.25, 0.3) is 0 Å². The molecule has 1 N–H and O–H groups in total. The second kappa shape index (κ2) is 4.95. The average molecular weight is 302 g/mol. The third-order valence-electron chi connectivity index (χ3n) is 5.14. The summed E-state index contributed by atoms with van der Waals surface area (Å²) in [7, 11) is 0. The second-order valence-corrected chi connectivity index (χ2v) is 6.59. The van der Waals surface area contributed by atoms with Crippen molar-refractivity contribution in [3.63, 3.8) is 0 Å². The van der Waals surface area contributed by atoms with Gasteiger partial charge in [-0.3, -0.25) is 4.79 Å². The smallest absolute Gasteiger partial charge is 0.171 e. The van der Waals surface area contributed by atoms with E-state index in [4.69, 9.17) is 0 Å². The molecule has 0 spiro atoms. The van der Waals surface area contributed by atoms with E-state index in [2.05, 4.69) is 19.1 Å². The largest absolute Gasteiger partial charge is 0.507 e. The molecule has 0 saturated heterocycles. The zero-order valence-electron chi connectivity index (χ0n) is 13.0. The topological polar surface area (TPSA) is 37.3 Å². The number of phenols is 1. The van der Waals surface area contributed by atoms with E-state index >= 15 is 0 Å². The summed E-state index contributed by atoms with van der Waals surface area (Å²) in [6.07, 6.45) is 0.832. The maximum Gasteiger partial charge on any atom is 0.171 e.